The molecular weight excluding hydrogens is 280 g/mol. The number of amides is 1. The molecule has 0 spiro atoms. The van der Waals surface area contributed by atoms with E-state index in [0.29, 0.717) is 0 Å². The van der Waals surface area contributed by atoms with Crippen molar-refractivity contribution in [1.29, 1.82) is 0 Å². The van der Waals surface area contributed by atoms with Crippen LogP contribution in [0.1, 0.15) is 32.8 Å². The van der Waals surface area contributed by atoms with Gasteiger partial charge in [0.1, 0.15) is 0 Å². The third kappa shape index (κ3) is 5.13. The van der Waals surface area contributed by atoms with E-state index in [2.05, 4.69) is 5.32 Å². The molecule has 1 aromatic rings. The Morgan fingerprint density at radius 3 is 2.43 bits per heavy atom. The normalized spacial score (nSPS) is 12.8. The molecule has 1 atom stereocenters. The Bertz CT molecular complexity index is 538. The van der Waals surface area contributed by atoms with Gasteiger partial charge < -0.3 is 10.4 Å². The Kier molecular flexibility index (Phi) is 5.41. The molecular formula is C15H19F2NO3. The summed E-state index contributed by atoms with van der Waals surface area (Å²) in [6.07, 6.45) is -0.573. The van der Waals surface area contributed by atoms with Crippen molar-refractivity contribution >= 4 is 11.9 Å². The van der Waals surface area contributed by atoms with Gasteiger partial charge in [0.15, 0.2) is 11.6 Å². The average Bonchev–Trinajstić information content (AvgIpc) is 2.32. The molecule has 0 saturated heterocycles. The molecule has 0 aliphatic heterocycles. The molecule has 0 aliphatic carbocycles. The second-order valence-electron chi connectivity index (χ2n) is 5.97. The zero-order valence-electron chi connectivity index (χ0n) is 12.2. The Morgan fingerprint density at radius 2 is 1.90 bits per heavy atom. The number of benzene rings is 1. The summed E-state index contributed by atoms with van der Waals surface area (Å²) in [6, 6.07) is 3.01. The number of rotatable bonds is 5. The number of carbonyl (C=O) groups is 2. The highest BCUT2D eigenvalue weighted by Crippen LogP contribution is 2.22. The number of halogens is 2. The van der Waals surface area contributed by atoms with E-state index < -0.39 is 35.0 Å². The van der Waals surface area contributed by atoms with E-state index in [9.17, 15) is 18.4 Å². The lowest BCUT2D eigenvalue weighted by molar-refractivity contribution is -0.138. The number of nitrogens with one attached hydrogen (secondary N) is 1. The van der Waals surface area contributed by atoms with Gasteiger partial charge in [-0.3, -0.25) is 9.59 Å². The van der Waals surface area contributed by atoms with Gasteiger partial charge in [-0.05, 0) is 11.5 Å². The second kappa shape index (κ2) is 6.65. The van der Waals surface area contributed by atoms with Crippen molar-refractivity contribution in [2.75, 3.05) is 0 Å². The van der Waals surface area contributed by atoms with Crippen LogP contribution in [0.2, 0.25) is 0 Å². The van der Waals surface area contributed by atoms with Gasteiger partial charge in [-0.25, -0.2) is 8.78 Å². The van der Waals surface area contributed by atoms with Crippen LogP contribution in [0.4, 0.5) is 8.78 Å². The standard InChI is InChI=1S/C15H19F2NO3/c1-15(2,3)11(8-13(20)21)18-12(19)7-9-5-4-6-10(16)14(9)17/h4-6,11H,7-8H2,1-3H3,(H,18,19)(H,20,21). The molecule has 0 saturated carbocycles. The van der Waals surface area contributed by atoms with Crippen molar-refractivity contribution in [3.05, 3.63) is 35.4 Å². The van der Waals surface area contributed by atoms with Crippen molar-refractivity contribution in [2.24, 2.45) is 5.41 Å². The van der Waals surface area contributed by atoms with Gasteiger partial charge >= 0.3 is 5.97 Å². The first kappa shape index (κ1) is 17.1. The fraction of sp³-hybridized carbons (Fsp3) is 0.467. The number of carboxylic acid groups (broad SMARTS) is 1. The molecule has 4 nitrogen and oxygen atoms in total. The smallest absolute Gasteiger partial charge is 0.305 e. The Hall–Kier alpha value is -1.98. The van der Waals surface area contributed by atoms with Gasteiger partial charge in [-0.2, -0.15) is 0 Å². The zero-order chi connectivity index (χ0) is 16.2. The van der Waals surface area contributed by atoms with Gasteiger partial charge in [0.05, 0.1) is 12.8 Å². The summed E-state index contributed by atoms with van der Waals surface area (Å²) in [5, 5.41) is 11.4. The maximum atomic E-state index is 13.5. The lowest BCUT2D eigenvalue weighted by Crippen LogP contribution is -2.45. The van der Waals surface area contributed by atoms with E-state index in [1.807, 2.05) is 0 Å². The predicted octanol–water partition coefficient (Wildman–Crippen LogP) is 2.51. The lowest BCUT2D eigenvalue weighted by Gasteiger charge is -2.30. The molecule has 1 rings (SSSR count). The van der Waals surface area contributed by atoms with Crippen molar-refractivity contribution in [3.8, 4) is 0 Å². The van der Waals surface area contributed by atoms with Crippen LogP contribution >= 0.6 is 0 Å². The highest BCUT2D eigenvalue weighted by Gasteiger charge is 2.28. The van der Waals surface area contributed by atoms with Crippen LogP contribution in [0.15, 0.2) is 18.2 Å². The van der Waals surface area contributed by atoms with Crippen LogP contribution in [0.5, 0.6) is 0 Å². The van der Waals surface area contributed by atoms with E-state index in [4.69, 9.17) is 5.11 Å². The van der Waals surface area contributed by atoms with Crippen LogP contribution in [-0.4, -0.2) is 23.0 Å². The maximum Gasteiger partial charge on any atom is 0.305 e. The van der Waals surface area contributed by atoms with Gasteiger partial charge in [0, 0.05) is 11.6 Å². The molecule has 1 amide bonds. The predicted molar refractivity (Wildman–Crippen MR) is 73.7 cm³/mol. The molecule has 0 fully saturated rings. The number of hydrogen-bond acceptors (Lipinski definition) is 2. The van der Waals surface area contributed by atoms with Crippen LogP contribution in [0, 0.1) is 17.0 Å². The van der Waals surface area contributed by atoms with Gasteiger partial charge in [0.25, 0.3) is 0 Å². The summed E-state index contributed by atoms with van der Waals surface area (Å²) < 4.78 is 26.6. The molecule has 0 radical (unpaired) electrons. The molecule has 21 heavy (non-hydrogen) atoms. The zero-order valence-corrected chi connectivity index (χ0v) is 12.2. The van der Waals surface area contributed by atoms with Crippen molar-refractivity contribution in [2.45, 2.75) is 39.7 Å². The third-order valence-electron chi connectivity index (χ3n) is 3.14. The minimum atomic E-state index is -1.06. The van der Waals surface area contributed by atoms with E-state index in [1.165, 1.54) is 12.1 Å². The van der Waals surface area contributed by atoms with Crippen molar-refractivity contribution < 1.29 is 23.5 Å². The van der Waals surface area contributed by atoms with E-state index in [0.717, 1.165) is 6.07 Å². The SMILES string of the molecule is CC(C)(C)C(CC(=O)O)NC(=O)Cc1cccc(F)c1F. The van der Waals surface area contributed by atoms with Gasteiger partial charge in [-0.1, -0.05) is 32.9 Å². The Labute approximate surface area is 122 Å². The fourth-order valence-electron chi connectivity index (χ4n) is 1.85. The molecule has 1 unspecified atom stereocenters. The first-order valence-electron chi connectivity index (χ1n) is 6.55. The minimum Gasteiger partial charge on any atom is -0.481 e. The largest absolute Gasteiger partial charge is 0.481 e. The molecule has 1 aromatic carbocycles. The van der Waals surface area contributed by atoms with Crippen LogP contribution in [0.3, 0.4) is 0 Å². The Balaban J connectivity index is 2.79. The van der Waals surface area contributed by atoms with Crippen molar-refractivity contribution in [3.63, 3.8) is 0 Å². The first-order valence-corrected chi connectivity index (χ1v) is 6.55. The van der Waals surface area contributed by atoms with E-state index in [1.54, 1.807) is 20.8 Å². The van der Waals surface area contributed by atoms with E-state index in [-0.39, 0.29) is 18.4 Å². The summed E-state index contributed by atoms with van der Waals surface area (Å²) in [6.45, 7) is 5.39. The Morgan fingerprint density at radius 1 is 1.29 bits per heavy atom. The molecule has 0 heterocycles. The fourth-order valence-corrected chi connectivity index (χ4v) is 1.85. The van der Waals surface area contributed by atoms with Crippen LogP contribution in [-0.2, 0) is 16.0 Å². The number of aliphatic carboxylic acids is 1. The van der Waals surface area contributed by atoms with Gasteiger partial charge in [0.2, 0.25) is 5.91 Å². The average molecular weight is 299 g/mol. The molecule has 0 bridgehead atoms. The monoisotopic (exact) mass is 299 g/mol. The molecule has 2 N–H and O–H groups in total. The summed E-state index contributed by atoms with van der Waals surface area (Å²) in [4.78, 5) is 22.8. The van der Waals surface area contributed by atoms with Crippen LogP contribution < -0.4 is 5.32 Å². The van der Waals surface area contributed by atoms with Gasteiger partial charge in [-0.15, -0.1) is 0 Å². The van der Waals surface area contributed by atoms with E-state index >= 15 is 0 Å². The van der Waals surface area contributed by atoms with Crippen LogP contribution in [0.25, 0.3) is 0 Å². The lowest BCUT2D eigenvalue weighted by atomic mass is 9.84. The summed E-state index contributed by atoms with van der Waals surface area (Å²) >= 11 is 0. The highest BCUT2D eigenvalue weighted by atomic mass is 19.2. The quantitative estimate of drug-likeness (QED) is 0.878. The second-order valence-corrected chi connectivity index (χ2v) is 5.97. The highest BCUT2D eigenvalue weighted by molar-refractivity contribution is 5.79. The first-order chi connectivity index (χ1) is 9.61. The number of carboxylic acids is 1. The molecule has 116 valence electrons. The summed E-state index contributed by atoms with van der Waals surface area (Å²) in [5.41, 5.74) is -0.523. The maximum absolute atomic E-state index is 13.5. The topological polar surface area (TPSA) is 66.4 Å². The third-order valence-corrected chi connectivity index (χ3v) is 3.14. The number of hydrogen-bond donors (Lipinski definition) is 2. The molecule has 6 heteroatoms. The minimum absolute atomic E-state index is 0.0597. The molecule has 0 aromatic heterocycles. The molecule has 0 aliphatic rings. The van der Waals surface area contributed by atoms with Crippen molar-refractivity contribution in [1.82, 2.24) is 5.32 Å². The number of carbonyl (C=O) groups excluding carboxylic acids is 1. The summed E-state index contributed by atoms with van der Waals surface area (Å²) in [7, 11) is 0. The summed E-state index contributed by atoms with van der Waals surface area (Å²) in [5.74, 6) is -3.65.